The van der Waals surface area contributed by atoms with Crippen molar-refractivity contribution in [3.63, 3.8) is 0 Å². The van der Waals surface area contributed by atoms with Crippen molar-refractivity contribution in [3.8, 4) is 11.5 Å². The minimum absolute atomic E-state index is 0.208. The van der Waals surface area contributed by atoms with Crippen LogP contribution in [0.4, 0.5) is 0 Å². The molecule has 0 aliphatic rings. The summed E-state index contributed by atoms with van der Waals surface area (Å²) in [5.41, 5.74) is 1.07. The number of ether oxygens (including phenoxy) is 1. The van der Waals surface area contributed by atoms with Crippen molar-refractivity contribution in [2.45, 2.75) is 5.88 Å². The molecule has 0 atom stereocenters. The maximum absolute atomic E-state index is 11.2. The molecular formula is C14H10Cl2O2. The molecule has 0 bridgehead atoms. The highest BCUT2D eigenvalue weighted by Gasteiger charge is 2.09. The Labute approximate surface area is 115 Å². The summed E-state index contributed by atoms with van der Waals surface area (Å²) >= 11 is 11.2. The molecule has 4 heteroatoms. The summed E-state index contributed by atoms with van der Waals surface area (Å²) < 4.78 is 5.64. The lowest BCUT2D eigenvalue weighted by molar-refractivity contribution is 0.108. The molecule has 18 heavy (non-hydrogen) atoms. The number of rotatable bonds is 4. The van der Waals surface area contributed by atoms with Crippen LogP contribution < -0.4 is 4.74 Å². The summed E-state index contributed by atoms with van der Waals surface area (Å²) in [5, 5.41) is -0.517. The van der Waals surface area contributed by atoms with E-state index in [1.165, 1.54) is 0 Å². The number of carbonyl (C=O) groups excluding carboxylic acids is 1. The van der Waals surface area contributed by atoms with Gasteiger partial charge in [0.2, 0.25) is 0 Å². The van der Waals surface area contributed by atoms with Gasteiger partial charge in [-0.05, 0) is 47.5 Å². The van der Waals surface area contributed by atoms with Crippen LogP contribution in [-0.2, 0) is 5.88 Å². The molecule has 0 aliphatic heterocycles. The van der Waals surface area contributed by atoms with Gasteiger partial charge >= 0.3 is 0 Å². The van der Waals surface area contributed by atoms with Crippen LogP contribution in [0.3, 0.4) is 0 Å². The second kappa shape index (κ2) is 5.89. The first-order chi connectivity index (χ1) is 8.70. The van der Waals surface area contributed by atoms with Crippen molar-refractivity contribution in [2.75, 3.05) is 0 Å². The Morgan fingerprint density at radius 2 is 1.78 bits per heavy atom. The molecule has 0 radical (unpaired) electrons. The highest BCUT2D eigenvalue weighted by Crippen LogP contribution is 2.25. The van der Waals surface area contributed by atoms with Gasteiger partial charge in [0.05, 0.1) is 0 Å². The number of halogens is 2. The molecule has 2 nitrogen and oxygen atoms in total. The summed E-state index contributed by atoms with van der Waals surface area (Å²) in [6.07, 6.45) is 0. The zero-order valence-corrected chi connectivity index (χ0v) is 10.9. The molecule has 0 heterocycles. The van der Waals surface area contributed by atoms with Crippen molar-refractivity contribution in [3.05, 3.63) is 59.7 Å². The van der Waals surface area contributed by atoms with Gasteiger partial charge in [0.15, 0.2) is 0 Å². The molecule has 0 aromatic heterocycles. The summed E-state index contributed by atoms with van der Waals surface area (Å²) in [7, 11) is 0. The Kier molecular flexibility index (Phi) is 4.24. The second-order valence-electron chi connectivity index (χ2n) is 3.64. The fraction of sp³-hybridized carbons (Fsp3) is 0.0714. The van der Waals surface area contributed by atoms with E-state index in [0.29, 0.717) is 16.9 Å². The van der Waals surface area contributed by atoms with Crippen molar-refractivity contribution < 1.29 is 9.53 Å². The topological polar surface area (TPSA) is 26.3 Å². The van der Waals surface area contributed by atoms with Gasteiger partial charge in [-0.1, -0.05) is 18.2 Å². The third-order valence-corrected chi connectivity index (χ3v) is 2.90. The van der Waals surface area contributed by atoms with E-state index in [1.807, 2.05) is 30.3 Å². The maximum atomic E-state index is 11.2. The van der Waals surface area contributed by atoms with E-state index >= 15 is 0 Å². The Morgan fingerprint density at radius 3 is 2.39 bits per heavy atom. The van der Waals surface area contributed by atoms with E-state index in [-0.39, 0.29) is 5.88 Å². The van der Waals surface area contributed by atoms with E-state index in [2.05, 4.69) is 0 Å². The zero-order chi connectivity index (χ0) is 13.0. The normalized spacial score (nSPS) is 10.1. The first-order valence-electron chi connectivity index (χ1n) is 5.32. The van der Waals surface area contributed by atoms with Gasteiger partial charge in [0.25, 0.3) is 5.24 Å². The highest BCUT2D eigenvalue weighted by molar-refractivity contribution is 6.68. The number of hydrogen-bond donors (Lipinski definition) is 0. The van der Waals surface area contributed by atoms with E-state index in [9.17, 15) is 4.79 Å². The Morgan fingerprint density at radius 1 is 1.06 bits per heavy atom. The summed E-state index contributed by atoms with van der Waals surface area (Å²) in [6.45, 7) is 0. The third kappa shape index (κ3) is 3.03. The molecular weight excluding hydrogens is 271 g/mol. The van der Waals surface area contributed by atoms with Crippen LogP contribution in [-0.4, -0.2) is 5.24 Å². The van der Waals surface area contributed by atoms with E-state index in [1.54, 1.807) is 18.2 Å². The van der Waals surface area contributed by atoms with Gasteiger partial charge in [-0.2, -0.15) is 0 Å². The molecule has 0 saturated heterocycles. The van der Waals surface area contributed by atoms with Crippen LogP contribution in [0, 0.1) is 0 Å². The lowest BCUT2D eigenvalue weighted by Gasteiger charge is -2.08. The van der Waals surface area contributed by atoms with E-state index in [0.717, 1.165) is 5.75 Å². The molecule has 0 fully saturated rings. The van der Waals surface area contributed by atoms with Crippen LogP contribution >= 0.6 is 23.2 Å². The second-order valence-corrected chi connectivity index (χ2v) is 4.25. The van der Waals surface area contributed by atoms with Gasteiger partial charge in [-0.15, -0.1) is 11.6 Å². The van der Waals surface area contributed by atoms with Crippen LogP contribution in [0.5, 0.6) is 11.5 Å². The fourth-order valence-electron chi connectivity index (χ4n) is 1.56. The molecule has 92 valence electrons. The number of carbonyl (C=O) groups is 1. The molecule has 0 aliphatic carbocycles. The number of alkyl halides is 1. The molecule has 2 rings (SSSR count). The maximum Gasteiger partial charge on any atom is 0.252 e. The Hall–Kier alpha value is -1.51. The minimum Gasteiger partial charge on any atom is -0.457 e. The summed E-state index contributed by atoms with van der Waals surface area (Å²) in [6, 6.07) is 14.4. The SMILES string of the molecule is O=C(Cl)c1ccc(Oc2ccccc2)cc1CCl. The first-order valence-corrected chi connectivity index (χ1v) is 6.23. The van der Waals surface area contributed by atoms with Crippen LogP contribution in [0.1, 0.15) is 15.9 Å². The van der Waals surface area contributed by atoms with E-state index < -0.39 is 5.24 Å². The molecule has 2 aromatic carbocycles. The van der Waals surface area contributed by atoms with Crippen molar-refractivity contribution >= 4 is 28.4 Å². The molecule has 0 spiro atoms. The lowest BCUT2D eigenvalue weighted by Crippen LogP contribution is -1.96. The average molecular weight is 281 g/mol. The van der Waals surface area contributed by atoms with Crippen molar-refractivity contribution in [2.24, 2.45) is 0 Å². The lowest BCUT2D eigenvalue weighted by atomic mass is 10.1. The summed E-state index contributed by atoms with van der Waals surface area (Å²) in [4.78, 5) is 11.2. The molecule has 0 amide bonds. The molecule has 0 unspecified atom stereocenters. The largest absolute Gasteiger partial charge is 0.457 e. The first kappa shape index (κ1) is 12.9. The molecule has 0 N–H and O–H groups in total. The van der Waals surface area contributed by atoms with Gasteiger partial charge in [0.1, 0.15) is 11.5 Å². The highest BCUT2D eigenvalue weighted by atomic mass is 35.5. The van der Waals surface area contributed by atoms with Crippen LogP contribution in [0.2, 0.25) is 0 Å². The van der Waals surface area contributed by atoms with Gasteiger partial charge in [-0.3, -0.25) is 4.79 Å². The Balaban J connectivity index is 2.28. The van der Waals surface area contributed by atoms with Crippen molar-refractivity contribution in [1.29, 1.82) is 0 Å². The quantitative estimate of drug-likeness (QED) is 0.605. The number of para-hydroxylation sites is 1. The fourth-order valence-corrected chi connectivity index (χ4v) is 1.97. The minimum atomic E-state index is -0.517. The molecule has 0 saturated carbocycles. The van der Waals surface area contributed by atoms with Gasteiger partial charge < -0.3 is 4.74 Å². The zero-order valence-electron chi connectivity index (χ0n) is 9.40. The summed E-state index contributed by atoms with van der Waals surface area (Å²) in [5.74, 6) is 1.56. The Bertz CT molecular complexity index is 553. The predicted molar refractivity (Wildman–Crippen MR) is 72.7 cm³/mol. The number of hydrogen-bond acceptors (Lipinski definition) is 2. The van der Waals surface area contributed by atoms with Crippen LogP contribution in [0.15, 0.2) is 48.5 Å². The third-order valence-electron chi connectivity index (χ3n) is 2.41. The van der Waals surface area contributed by atoms with Gasteiger partial charge in [-0.25, -0.2) is 0 Å². The predicted octanol–water partition coefficient (Wildman–Crippen LogP) is 4.60. The number of benzene rings is 2. The average Bonchev–Trinajstić information content (AvgIpc) is 2.39. The van der Waals surface area contributed by atoms with E-state index in [4.69, 9.17) is 27.9 Å². The van der Waals surface area contributed by atoms with Crippen LogP contribution in [0.25, 0.3) is 0 Å². The molecule has 2 aromatic rings. The smallest absolute Gasteiger partial charge is 0.252 e. The van der Waals surface area contributed by atoms with Crippen molar-refractivity contribution in [1.82, 2.24) is 0 Å². The standard InChI is InChI=1S/C14H10Cl2O2/c15-9-10-8-12(6-7-13(10)14(16)17)18-11-4-2-1-3-5-11/h1-8H,9H2. The monoisotopic (exact) mass is 280 g/mol. The van der Waals surface area contributed by atoms with Gasteiger partial charge in [0, 0.05) is 11.4 Å².